The smallest absolute Gasteiger partial charge is 0.0477 e. The molecule has 4 heteroatoms. The van der Waals surface area contributed by atoms with Crippen molar-refractivity contribution in [3.05, 3.63) is 28.8 Å². The molecule has 1 aliphatic rings. The molecule has 1 aromatic carbocycles. The van der Waals surface area contributed by atoms with Crippen LogP contribution in [-0.2, 0) is 5.41 Å². The monoisotopic (exact) mass is 243 g/mol. The van der Waals surface area contributed by atoms with Crippen LogP contribution in [0.3, 0.4) is 0 Å². The standard InChI is InChI=1S/C11H15ClNOP/c12-9-2-1-7(3-10(9)15)11(6-13)4-8(11)5-14/h1-3,8,14H,4-6,13,15H2. The predicted molar refractivity (Wildman–Crippen MR) is 66.7 cm³/mol. The molecule has 2 rings (SSSR count). The number of hydrogen-bond acceptors (Lipinski definition) is 2. The van der Waals surface area contributed by atoms with Crippen molar-refractivity contribution in [2.24, 2.45) is 11.7 Å². The van der Waals surface area contributed by atoms with Crippen molar-refractivity contribution < 1.29 is 5.11 Å². The van der Waals surface area contributed by atoms with Gasteiger partial charge in [-0.3, -0.25) is 0 Å². The van der Waals surface area contributed by atoms with Crippen LogP contribution in [0.5, 0.6) is 0 Å². The van der Waals surface area contributed by atoms with E-state index in [1.165, 1.54) is 5.56 Å². The maximum atomic E-state index is 9.17. The molecule has 3 atom stereocenters. The van der Waals surface area contributed by atoms with E-state index in [1.807, 2.05) is 12.1 Å². The highest BCUT2D eigenvalue weighted by molar-refractivity contribution is 7.28. The molecule has 82 valence electrons. The zero-order valence-corrected chi connectivity index (χ0v) is 10.3. The molecule has 3 unspecified atom stereocenters. The van der Waals surface area contributed by atoms with Crippen LogP contribution in [0.4, 0.5) is 0 Å². The van der Waals surface area contributed by atoms with Crippen molar-refractivity contribution in [2.45, 2.75) is 11.8 Å². The molecule has 0 heterocycles. The number of hydrogen-bond donors (Lipinski definition) is 2. The fraction of sp³-hybridized carbons (Fsp3) is 0.455. The Labute approximate surface area is 97.0 Å². The van der Waals surface area contributed by atoms with E-state index in [1.54, 1.807) is 0 Å². The first-order valence-corrected chi connectivity index (χ1v) is 5.96. The predicted octanol–water partition coefficient (Wildman–Crippen LogP) is 1.05. The summed E-state index contributed by atoms with van der Waals surface area (Å²) in [5.74, 6) is 0.313. The van der Waals surface area contributed by atoms with Crippen molar-refractivity contribution in [1.82, 2.24) is 0 Å². The number of aliphatic hydroxyl groups is 1. The summed E-state index contributed by atoms with van der Waals surface area (Å²) in [4.78, 5) is 0. The molecule has 0 saturated heterocycles. The van der Waals surface area contributed by atoms with Gasteiger partial charge in [0.05, 0.1) is 0 Å². The van der Waals surface area contributed by atoms with E-state index in [9.17, 15) is 5.11 Å². The largest absolute Gasteiger partial charge is 0.396 e. The average molecular weight is 244 g/mol. The van der Waals surface area contributed by atoms with E-state index in [-0.39, 0.29) is 12.0 Å². The topological polar surface area (TPSA) is 46.2 Å². The van der Waals surface area contributed by atoms with E-state index < -0.39 is 0 Å². The van der Waals surface area contributed by atoms with E-state index >= 15 is 0 Å². The number of nitrogens with two attached hydrogens (primary N) is 1. The lowest BCUT2D eigenvalue weighted by molar-refractivity contribution is 0.264. The van der Waals surface area contributed by atoms with Crippen molar-refractivity contribution in [1.29, 1.82) is 0 Å². The van der Waals surface area contributed by atoms with Crippen LogP contribution >= 0.6 is 20.8 Å². The van der Waals surface area contributed by atoms with Crippen LogP contribution in [0.1, 0.15) is 12.0 Å². The molecule has 0 aliphatic heterocycles. The molecule has 0 spiro atoms. The lowest BCUT2D eigenvalue weighted by atomic mass is 9.93. The highest BCUT2D eigenvalue weighted by atomic mass is 35.5. The molecule has 1 aromatic rings. The van der Waals surface area contributed by atoms with Gasteiger partial charge in [0.25, 0.3) is 0 Å². The Hall–Kier alpha value is -0.140. The average Bonchev–Trinajstić information content (AvgIpc) is 2.97. The summed E-state index contributed by atoms with van der Waals surface area (Å²) in [5, 5.41) is 10.9. The van der Waals surface area contributed by atoms with E-state index in [0.29, 0.717) is 12.5 Å². The minimum atomic E-state index is -0.00927. The van der Waals surface area contributed by atoms with Crippen LogP contribution in [0.25, 0.3) is 0 Å². The SMILES string of the molecule is NCC1(c2ccc(Cl)c(P)c2)CC1CO. The van der Waals surface area contributed by atoms with Crippen LogP contribution in [0.2, 0.25) is 5.02 Å². The molecule has 1 fully saturated rings. The molecule has 2 nitrogen and oxygen atoms in total. The summed E-state index contributed by atoms with van der Waals surface area (Å²) < 4.78 is 0. The van der Waals surface area contributed by atoms with Crippen LogP contribution in [0, 0.1) is 5.92 Å². The van der Waals surface area contributed by atoms with Gasteiger partial charge in [0.1, 0.15) is 0 Å². The van der Waals surface area contributed by atoms with Crippen molar-refractivity contribution in [2.75, 3.05) is 13.2 Å². The van der Waals surface area contributed by atoms with Gasteiger partial charge in [0.15, 0.2) is 0 Å². The van der Waals surface area contributed by atoms with Crippen molar-refractivity contribution in [3.8, 4) is 0 Å². The second-order valence-electron chi connectivity index (χ2n) is 4.18. The zero-order chi connectivity index (χ0) is 11.1. The van der Waals surface area contributed by atoms with Gasteiger partial charge in [-0.2, -0.15) is 0 Å². The normalized spacial score (nSPS) is 29.2. The number of benzene rings is 1. The molecule has 0 radical (unpaired) electrons. The maximum absolute atomic E-state index is 9.17. The Morgan fingerprint density at radius 3 is 2.80 bits per heavy atom. The highest BCUT2D eigenvalue weighted by Gasteiger charge is 2.53. The highest BCUT2D eigenvalue weighted by Crippen LogP contribution is 2.53. The lowest BCUT2D eigenvalue weighted by Gasteiger charge is -2.16. The molecule has 3 N–H and O–H groups in total. The Kier molecular flexibility index (Phi) is 3.05. The Morgan fingerprint density at radius 1 is 1.60 bits per heavy atom. The van der Waals surface area contributed by atoms with Gasteiger partial charge < -0.3 is 10.8 Å². The fourth-order valence-electron chi connectivity index (χ4n) is 2.19. The molecule has 0 amide bonds. The Morgan fingerprint density at radius 2 is 2.33 bits per heavy atom. The number of halogens is 1. The van der Waals surface area contributed by atoms with Gasteiger partial charge >= 0.3 is 0 Å². The van der Waals surface area contributed by atoms with Gasteiger partial charge in [-0.1, -0.05) is 17.7 Å². The molecule has 1 aliphatic carbocycles. The van der Waals surface area contributed by atoms with E-state index in [4.69, 9.17) is 17.3 Å². The van der Waals surface area contributed by atoms with Gasteiger partial charge in [-0.05, 0) is 35.3 Å². The van der Waals surface area contributed by atoms with E-state index in [0.717, 1.165) is 16.7 Å². The first kappa shape index (κ1) is 11.3. The summed E-state index contributed by atoms with van der Waals surface area (Å²) in [6.07, 6.45) is 0.978. The summed E-state index contributed by atoms with van der Waals surface area (Å²) in [6, 6.07) is 5.96. The summed E-state index contributed by atoms with van der Waals surface area (Å²) in [7, 11) is 2.62. The molecular weight excluding hydrogens is 229 g/mol. The van der Waals surface area contributed by atoms with Gasteiger partial charge in [0, 0.05) is 23.6 Å². The lowest BCUT2D eigenvalue weighted by Crippen LogP contribution is -2.24. The van der Waals surface area contributed by atoms with Crippen LogP contribution in [-0.4, -0.2) is 18.3 Å². The number of rotatable bonds is 3. The van der Waals surface area contributed by atoms with Crippen molar-refractivity contribution in [3.63, 3.8) is 0 Å². The quantitative estimate of drug-likeness (QED) is 0.780. The summed E-state index contributed by atoms with van der Waals surface area (Å²) >= 11 is 5.96. The first-order valence-electron chi connectivity index (χ1n) is 5.00. The third-order valence-corrected chi connectivity index (χ3v) is 4.39. The minimum Gasteiger partial charge on any atom is -0.396 e. The van der Waals surface area contributed by atoms with Gasteiger partial charge in [0.2, 0.25) is 0 Å². The fourth-order valence-corrected chi connectivity index (χ4v) is 2.59. The van der Waals surface area contributed by atoms with Crippen LogP contribution in [0.15, 0.2) is 18.2 Å². The Balaban J connectivity index is 2.33. The molecule has 1 saturated carbocycles. The third-order valence-electron chi connectivity index (χ3n) is 3.39. The molecule has 0 aromatic heterocycles. The van der Waals surface area contributed by atoms with Gasteiger partial charge in [-0.15, -0.1) is 9.24 Å². The van der Waals surface area contributed by atoms with Crippen LogP contribution < -0.4 is 11.0 Å². The third kappa shape index (κ3) is 1.81. The van der Waals surface area contributed by atoms with Gasteiger partial charge in [-0.25, -0.2) is 0 Å². The molecule has 0 bridgehead atoms. The molecular formula is C11H15ClNOP. The Bertz CT molecular complexity index is 385. The second kappa shape index (κ2) is 4.03. The summed E-state index contributed by atoms with van der Waals surface area (Å²) in [5.41, 5.74) is 6.99. The van der Waals surface area contributed by atoms with E-state index in [2.05, 4.69) is 15.3 Å². The first-order chi connectivity index (χ1) is 7.14. The number of aliphatic hydroxyl groups excluding tert-OH is 1. The summed E-state index contributed by atoms with van der Waals surface area (Å²) in [6.45, 7) is 0.802. The molecule has 15 heavy (non-hydrogen) atoms. The van der Waals surface area contributed by atoms with Crippen molar-refractivity contribution >= 4 is 26.1 Å². The zero-order valence-electron chi connectivity index (χ0n) is 8.41. The second-order valence-corrected chi connectivity index (χ2v) is 5.21. The minimum absolute atomic E-state index is 0.00927. The maximum Gasteiger partial charge on any atom is 0.0477 e.